The summed E-state index contributed by atoms with van der Waals surface area (Å²) in [5.41, 5.74) is 0. The van der Waals surface area contributed by atoms with E-state index in [0.29, 0.717) is 6.04 Å². The molecule has 1 saturated heterocycles. The Morgan fingerprint density at radius 3 is 2.82 bits per heavy atom. The average molecular weight is 237 g/mol. The smallest absolute Gasteiger partial charge is 0.150 e. The Hall–Kier alpha value is -0.870. The number of nitrogens with zero attached hydrogens (tertiary/aromatic N) is 2. The highest BCUT2D eigenvalue weighted by molar-refractivity contribution is 4.93. The first kappa shape index (κ1) is 12.6. The number of hydrogen-bond acceptors (Lipinski definition) is 4. The topological polar surface area (TPSA) is 41.3 Å². The Morgan fingerprint density at radius 2 is 2.24 bits per heavy atom. The van der Waals surface area contributed by atoms with E-state index in [9.17, 15) is 0 Å². The fourth-order valence-electron chi connectivity index (χ4n) is 2.38. The zero-order chi connectivity index (χ0) is 12.1. The zero-order valence-electron chi connectivity index (χ0n) is 10.9. The number of aromatic nitrogens is 1. The molecule has 1 aromatic heterocycles. The summed E-state index contributed by atoms with van der Waals surface area (Å²) in [5.74, 6) is 1.79. The molecular formula is C13H23N3O. The summed E-state index contributed by atoms with van der Waals surface area (Å²) in [6.07, 6.45) is 4.30. The maximum Gasteiger partial charge on any atom is 0.150 e. The molecule has 1 N–H and O–H groups in total. The molecule has 0 saturated carbocycles. The molecule has 2 rings (SSSR count). The summed E-state index contributed by atoms with van der Waals surface area (Å²) in [6.45, 7) is 8.87. The van der Waals surface area contributed by atoms with Crippen LogP contribution in [0.15, 0.2) is 16.8 Å². The van der Waals surface area contributed by atoms with Crippen LogP contribution in [0.25, 0.3) is 0 Å². The summed E-state index contributed by atoms with van der Waals surface area (Å²) >= 11 is 0. The Kier molecular flexibility index (Phi) is 4.57. The van der Waals surface area contributed by atoms with E-state index in [1.807, 2.05) is 6.07 Å². The second-order valence-corrected chi connectivity index (χ2v) is 5.20. The number of nitrogens with one attached hydrogen (secondary N) is 1. The summed E-state index contributed by atoms with van der Waals surface area (Å²) in [6, 6.07) is 2.51. The van der Waals surface area contributed by atoms with Crippen LogP contribution in [0.1, 0.15) is 32.4 Å². The second-order valence-electron chi connectivity index (χ2n) is 5.20. The summed E-state index contributed by atoms with van der Waals surface area (Å²) in [5, 5.41) is 7.19. The van der Waals surface area contributed by atoms with Crippen LogP contribution in [0, 0.1) is 5.92 Å². The molecule has 0 unspecified atom stereocenters. The third-order valence-electron chi connectivity index (χ3n) is 3.53. The SMILES string of the molecule is CC(C)N(Cc1ccno1)CC1CCNCC1. The van der Waals surface area contributed by atoms with Crippen molar-refractivity contribution in [1.29, 1.82) is 0 Å². The van der Waals surface area contributed by atoms with Crippen molar-refractivity contribution in [3.05, 3.63) is 18.0 Å². The van der Waals surface area contributed by atoms with Crippen LogP contribution < -0.4 is 5.32 Å². The molecule has 96 valence electrons. The van der Waals surface area contributed by atoms with Gasteiger partial charge in [-0.3, -0.25) is 4.90 Å². The van der Waals surface area contributed by atoms with Gasteiger partial charge in [-0.15, -0.1) is 0 Å². The first-order valence-corrected chi connectivity index (χ1v) is 6.60. The standard InChI is InChI=1S/C13H23N3O/c1-11(2)16(10-13-5-8-15-17-13)9-12-3-6-14-7-4-12/h5,8,11-12,14H,3-4,6-7,9-10H2,1-2H3. The minimum atomic E-state index is 0.551. The van der Waals surface area contributed by atoms with Crippen molar-refractivity contribution in [3.8, 4) is 0 Å². The molecule has 0 bridgehead atoms. The summed E-state index contributed by atoms with van der Waals surface area (Å²) in [7, 11) is 0. The Balaban J connectivity index is 1.87. The molecule has 17 heavy (non-hydrogen) atoms. The van der Waals surface area contributed by atoms with E-state index in [4.69, 9.17) is 4.52 Å². The molecule has 1 aliphatic heterocycles. The van der Waals surface area contributed by atoms with Crippen LogP contribution in [-0.4, -0.2) is 35.7 Å². The van der Waals surface area contributed by atoms with Crippen molar-refractivity contribution in [2.24, 2.45) is 5.92 Å². The maximum atomic E-state index is 5.20. The highest BCUT2D eigenvalue weighted by Crippen LogP contribution is 2.17. The van der Waals surface area contributed by atoms with Gasteiger partial charge in [-0.05, 0) is 45.7 Å². The van der Waals surface area contributed by atoms with Gasteiger partial charge in [0.05, 0.1) is 12.7 Å². The van der Waals surface area contributed by atoms with Gasteiger partial charge in [0, 0.05) is 18.7 Å². The molecule has 0 aromatic carbocycles. The third-order valence-corrected chi connectivity index (χ3v) is 3.53. The largest absolute Gasteiger partial charge is 0.360 e. The van der Waals surface area contributed by atoms with Gasteiger partial charge in [-0.2, -0.15) is 0 Å². The maximum absolute atomic E-state index is 5.20. The highest BCUT2D eigenvalue weighted by Gasteiger charge is 2.19. The third kappa shape index (κ3) is 3.82. The van der Waals surface area contributed by atoms with Gasteiger partial charge >= 0.3 is 0 Å². The Labute approximate surface area is 103 Å². The van der Waals surface area contributed by atoms with E-state index >= 15 is 0 Å². The summed E-state index contributed by atoms with van der Waals surface area (Å²) < 4.78 is 5.20. The Morgan fingerprint density at radius 1 is 1.47 bits per heavy atom. The van der Waals surface area contributed by atoms with Crippen molar-refractivity contribution in [2.45, 2.75) is 39.3 Å². The van der Waals surface area contributed by atoms with Crippen molar-refractivity contribution in [2.75, 3.05) is 19.6 Å². The van der Waals surface area contributed by atoms with Gasteiger partial charge in [0.15, 0.2) is 5.76 Å². The molecule has 4 nitrogen and oxygen atoms in total. The van der Waals surface area contributed by atoms with Crippen LogP contribution in [-0.2, 0) is 6.54 Å². The van der Waals surface area contributed by atoms with Crippen LogP contribution in [0.5, 0.6) is 0 Å². The quantitative estimate of drug-likeness (QED) is 0.849. The predicted octanol–water partition coefficient (Wildman–Crippen LogP) is 1.88. The Bertz CT molecular complexity index is 304. The van der Waals surface area contributed by atoms with E-state index in [0.717, 1.165) is 18.2 Å². The van der Waals surface area contributed by atoms with Crippen molar-refractivity contribution >= 4 is 0 Å². The van der Waals surface area contributed by atoms with Crippen LogP contribution >= 0.6 is 0 Å². The number of rotatable bonds is 5. The number of piperidine rings is 1. The van der Waals surface area contributed by atoms with Crippen LogP contribution in [0.4, 0.5) is 0 Å². The second kappa shape index (κ2) is 6.17. The molecule has 4 heteroatoms. The highest BCUT2D eigenvalue weighted by atomic mass is 16.5. The van der Waals surface area contributed by atoms with E-state index in [1.165, 1.54) is 32.5 Å². The van der Waals surface area contributed by atoms with Gasteiger partial charge < -0.3 is 9.84 Å². The van der Waals surface area contributed by atoms with E-state index < -0.39 is 0 Å². The lowest BCUT2D eigenvalue weighted by atomic mass is 9.97. The molecule has 0 atom stereocenters. The van der Waals surface area contributed by atoms with Crippen molar-refractivity contribution in [3.63, 3.8) is 0 Å². The summed E-state index contributed by atoms with van der Waals surface area (Å²) in [4.78, 5) is 2.48. The minimum absolute atomic E-state index is 0.551. The lowest BCUT2D eigenvalue weighted by molar-refractivity contribution is 0.147. The average Bonchev–Trinajstić information content (AvgIpc) is 2.82. The predicted molar refractivity (Wildman–Crippen MR) is 67.6 cm³/mol. The molecule has 0 amide bonds. The lowest BCUT2D eigenvalue weighted by Crippen LogP contribution is -2.39. The fourth-order valence-corrected chi connectivity index (χ4v) is 2.38. The first-order valence-electron chi connectivity index (χ1n) is 6.60. The molecule has 0 spiro atoms. The zero-order valence-corrected chi connectivity index (χ0v) is 10.9. The molecule has 1 fully saturated rings. The normalized spacial score (nSPS) is 18.1. The van der Waals surface area contributed by atoms with Gasteiger partial charge in [0.1, 0.15) is 0 Å². The van der Waals surface area contributed by atoms with Gasteiger partial charge in [0.25, 0.3) is 0 Å². The molecule has 1 aliphatic rings. The van der Waals surface area contributed by atoms with Crippen LogP contribution in [0.3, 0.4) is 0 Å². The van der Waals surface area contributed by atoms with Crippen molar-refractivity contribution in [1.82, 2.24) is 15.4 Å². The fraction of sp³-hybridized carbons (Fsp3) is 0.769. The van der Waals surface area contributed by atoms with Crippen LogP contribution in [0.2, 0.25) is 0 Å². The van der Waals surface area contributed by atoms with Gasteiger partial charge in [0.2, 0.25) is 0 Å². The van der Waals surface area contributed by atoms with E-state index in [1.54, 1.807) is 6.20 Å². The molecule has 1 aromatic rings. The number of hydrogen-bond donors (Lipinski definition) is 1. The molecule has 0 aliphatic carbocycles. The minimum Gasteiger partial charge on any atom is -0.360 e. The molecule has 0 radical (unpaired) electrons. The first-order chi connectivity index (χ1) is 8.25. The monoisotopic (exact) mass is 237 g/mol. The molecular weight excluding hydrogens is 214 g/mol. The van der Waals surface area contributed by atoms with E-state index in [-0.39, 0.29) is 0 Å². The lowest BCUT2D eigenvalue weighted by Gasteiger charge is -2.32. The van der Waals surface area contributed by atoms with Crippen molar-refractivity contribution < 1.29 is 4.52 Å². The van der Waals surface area contributed by atoms with E-state index in [2.05, 4.69) is 29.2 Å². The molecule has 2 heterocycles. The van der Waals surface area contributed by atoms with Gasteiger partial charge in [-0.1, -0.05) is 5.16 Å². The van der Waals surface area contributed by atoms with Gasteiger partial charge in [-0.25, -0.2) is 0 Å².